The van der Waals surface area contributed by atoms with Gasteiger partial charge < -0.3 is 19.1 Å². The van der Waals surface area contributed by atoms with Crippen LogP contribution in [0.25, 0.3) is 0 Å². The largest absolute Gasteiger partial charge is 0.414 e. The molecule has 0 aromatic carbocycles. The van der Waals surface area contributed by atoms with Gasteiger partial charge in [-0.05, 0) is 42.7 Å². The van der Waals surface area contributed by atoms with E-state index in [4.69, 9.17) is 8.85 Å². The normalized spacial score (nSPS) is 16.7. The summed E-state index contributed by atoms with van der Waals surface area (Å²) in [6, 6.07) is 0. The molecule has 0 bridgehead atoms. The van der Waals surface area contributed by atoms with Crippen molar-refractivity contribution in [2.75, 3.05) is 6.61 Å². The highest BCUT2D eigenvalue weighted by Crippen LogP contribution is 2.40. The van der Waals surface area contributed by atoms with Crippen molar-refractivity contribution in [2.24, 2.45) is 0 Å². The number of aliphatic hydroxyl groups excluding tert-OH is 2. The number of hydrogen-bond acceptors (Lipinski definition) is 4. The Morgan fingerprint density at radius 3 is 1.71 bits per heavy atom. The third-order valence-electron chi connectivity index (χ3n) is 7.96. The van der Waals surface area contributed by atoms with E-state index in [1.165, 1.54) is 38.5 Å². The average molecular weight is 517 g/mol. The van der Waals surface area contributed by atoms with Gasteiger partial charge in [0.05, 0.1) is 18.8 Å². The summed E-state index contributed by atoms with van der Waals surface area (Å²) < 4.78 is 13.7. The minimum absolute atomic E-state index is 0.0555. The number of hydrogen-bond donors (Lipinski definition) is 2. The summed E-state index contributed by atoms with van der Waals surface area (Å²) >= 11 is 0. The molecule has 0 aromatic rings. The van der Waals surface area contributed by atoms with Crippen molar-refractivity contribution >= 4 is 16.6 Å². The molecule has 3 unspecified atom stereocenters. The van der Waals surface area contributed by atoms with Crippen molar-refractivity contribution in [3.05, 3.63) is 12.2 Å². The molecule has 0 spiro atoms. The average Bonchev–Trinajstić information content (AvgIpc) is 2.68. The molecule has 0 saturated heterocycles. The Labute approximate surface area is 215 Å². The van der Waals surface area contributed by atoms with Crippen molar-refractivity contribution in [1.82, 2.24) is 0 Å². The minimum Gasteiger partial charge on any atom is -0.414 e. The highest BCUT2D eigenvalue weighted by molar-refractivity contribution is 6.74. The van der Waals surface area contributed by atoms with Crippen LogP contribution in [0.2, 0.25) is 36.3 Å². The lowest BCUT2D eigenvalue weighted by molar-refractivity contribution is 0.0176. The van der Waals surface area contributed by atoms with E-state index in [0.29, 0.717) is 6.42 Å². The maximum Gasteiger partial charge on any atom is 0.192 e. The molecule has 4 nitrogen and oxygen atoms in total. The molecule has 0 amide bonds. The Kier molecular flexibility index (Phi) is 15.3. The van der Waals surface area contributed by atoms with E-state index in [9.17, 15) is 10.2 Å². The second-order valence-electron chi connectivity index (χ2n) is 13.2. The monoisotopic (exact) mass is 516 g/mol. The fourth-order valence-corrected chi connectivity index (χ4v) is 6.29. The predicted molar refractivity (Wildman–Crippen MR) is 154 cm³/mol. The summed E-state index contributed by atoms with van der Waals surface area (Å²) in [7, 11) is -4.05. The van der Waals surface area contributed by atoms with Gasteiger partial charge in [-0.2, -0.15) is 0 Å². The molecular weight excluding hydrogens is 456 g/mol. The zero-order valence-corrected chi connectivity index (χ0v) is 26.7. The summed E-state index contributed by atoms with van der Waals surface area (Å²) in [4.78, 5) is 0. The molecule has 34 heavy (non-hydrogen) atoms. The van der Waals surface area contributed by atoms with Crippen LogP contribution in [0.5, 0.6) is 0 Å². The molecule has 0 aliphatic heterocycles. The van der Waals surface area contributed by atoms with Crippen molar-refractivity contribution in [1.29, 1.82) is 0 Å². The quantitative estimate of drug-likeness (QED) is 0.116. The summed E-state index contributed by atoms with van der Waals surface area (Å²) in [5.74, 6) is 0. The van der Waals surface area contributed by atoms with Crippen LogP contribution in [0.3, 0.4) is 0 Å². The fraction of sp³-hybridized carbons (Fsp3) is 0.929. The minimum atomic E-state index is -2.09. The van der Waals surface area contributed by atoms with E-state index in [-0.39, 0.29) is 28.9 Å². The molecule has 0 aliphatic rings. The van der Waals surface area contributed by atoms with Crippen LogP contribution in [0.1, 0.15) is 106 Å². The fourth-order valence-electron chi connectivity index (χ4n) is 3.54. The van der Waals surface area contributed by atoms with E-state index in [1.807, 2.05) is 0 Å². The van der Waals surface area contributed by atoms with Crippen LogP contribution < -0.4 is 0 Å². The lowest BCUT2D eigenvalue weighted by atomic mass is 10.0. The van der Waals surface area contributed by atoms with E-state index in [0.717, 1.165) is 12.8 Å². The van der Waals surface area contributed by atoms with E-state index in [1.54, 1.807) is 12.2 Å². The van der Waals surface area contributed by atoms with Gasteiger partial charge in [-0.25, -0.2) is 0 Å². The van der Waals surface area contributed by atoms with Crippen LogP contribution in [0, 0.1) is 0 Å². The standard InChI is InChI=1S/C28H60O4Si2/c1-12-13-14-15-16-17-18-20-24(31-33(8,9)27(2,3)4)23-26(25(30)21-19-22-29)32-34(10,11)28(5,6)7/h19,21,24-26,29-30H,12-18,20,22-23H2,1-11H3/b21-19+. The van der Waals surface area contributed by atoms with Crippen molar-refractivity contribution in [3.63, 3.8) is 0 Å². The number of aliphatic hydroxyl groups is 2. The Morgan fingerprint density at radius 1 is 0.765 bits per heavy atom. The van der Waals surface area contributed by atoms with Crippen LogP contribution in [0.4, 0.5) is 0 Å². The van der Waals surface area contributed by atoms with Crippen molar-refractivity contribution in [2.45, 2.75) is 161 Å². The van der Waals surface area contributed by atoms with E-state index < -0.39 is 22.7 Å². The molecule has 0 fully saturated rings. The van der Waals surface area contributed by atoms with Gasteiger partial charge in [0, 0.05) is 12.5 Å². The molecule has 0 aromatic heterocycles. The zero-order chi connectivity index (χ0) is 26.6. The predicted octanol–water partition coefficient (Wildman–Crippen LogP) is 8.21. The van der Waals surface area contributed by atoms with Crippen LogP contribution in [0.15, 0.2) is 12.2 Å². The van der Waals surface area contributed by atoms with Gasteiger partial charge in [0.2, 0.25) is 0 Å². The Hall–Kier alpha value is 0.0138. The molecule has 2 N–H and O–H groups in total. The second kappa shape index (κ2) is 15.3. The smallest absolute Gasteiger partial charge is 0.192 e. The summed E-state index contributed by atoms with van der Waals surface area (Å²) in [5.41, 5.74) is 0. The SMILES string of the molecule is CCCCCCCCCC(CC(O[Si](C)(C)C(C)(C)C)C(O)/C=C/CO)O[Si](C)(C)C(C)(C)C. The molecule has 0 aliphatic carbocycles. The van der Waals surface area contributed by atoms with Gasteiger partial charge in [0.1, 0.15) is 0 Å². The number of rotatable bonds is 17. The highest BCUT2D eigenvalue weighted by Gasteiger charge is 2.43. The third-order valence-corrected chi connectivity index (χ3v) is 17.0. The number of unbranched alkanes of at least 4 members (excludes halogenated alkanes) is 6. The third kappa shape index (κ3) is 12.8. The summed E-state index contributed by atoms with van der Waals surface area (Å²) in [6.07, 6.45) is 13.0. The van der Waals surface area contributed by atoms with Gasteiger partial charge in [0.25, 0.3) is 0 Å². The topological polar surface area (TPSA) is 58.9 Å². The molecular formula is C28H60O4Si2. The Bertz CT molecular complexity index is 562. The first-order valence-corrected chi connectivity index (χ1v) is 19.6. The van der Waals surface area contributed by atoms with Gasteiger partial charge in [-0.1, -0.05) is 106 Å². The lowest BCUT2D eigenvalue weighted by Gasteiger charge is -2.43. The maximum absolute atomic E-state index is 11.0. The summed E-state index contributed by atoms with van der Waals surface area (Å²) in [5, 5.41) is 20.5. The molecule has 3 atom stereocenters. The molecule has 0 heterocycles. The zero-order valence-electron chi connectivity index (χ0n) is 24.7. The maximum atomic E-state index is 11.0. The first-order chi connectivity index (χ1) is 15.5. The molecule has 0 saturated carbocycles. The van der Waals surface area contributed by atoms with Crippen molar-refractivity contribution in [3.8, 4) is 0 Å². The van der Waals surface area contributed by atoms with Gasteiger partial charge >= 0.3 is 0 Å². The van der Waals surface area contributed by atoms with Crippen LogP contribution in [-0.4, -0.2) is 51.8 Å². The lowest BCUT2D eigenvalue weighted by Crippen LogP contribution is -2.49. The molecule has 0 radical (unpaired) electrons. The van der Waals surface area contributed by atoms with Gasteiger partial charge in [-0.15, -0.1) is 0 Å². The Balaban J connectivity index is 5.58. The van der Waals surface area contributed by atoms with Gasteiger partial charge in [0.15, 0.2) is 16.6 Å². The highest BCUT2D eigenvalue weighted by atomic mass is 28.4. The molecule has 0 rings (SSSR count). The van der Waals surface area contributed by atoms with Crippen molar-refractivity contribution < 1.29 is 19.1 Å². The first-order valence-electron chi connectivity index (χ1n) is 13.8. The van der Waals surface area contributed by atoms with Crippen LogP contribution in [-0.2, 0) is 8.85 Å². The summed E-state index contributed by atoms with van der Waals surface area (Å²) in [6.45, 7) is 24.8. The molecule has 6 heteroatoms. The van der Waals surface area contributed by atoms with Crippen LogP contribution >= 0.6 is 0 Å². The second-order valence-corrected chi connectivity index (χ2v) is 22.7. The molecule has 204 valence electrons. The first kappa shape index (κ1) is 34.0. The van der Waals surface area contributed by atoms with E-state index >= 15 is 0 Å². The Morgan fingerprint density at radius 2 is 1.24 bits per heavy atom. The van der Waals surface area contributed by atoms with Gasteiger partial charge in [-0.3, -0.25) is 0 Å². The van der Waals surface area contributed by atoms with E-state index in [2.05, 4.69) is 74.7 Å².